The second-order valence-corrected chi connectivity index (χ2v) is 4.33. The van der Waals surface area contributed by atoms with Gasteiger partial charge in [0.15, 0.2) is 5.69 Å². The molecule has 15 heavy (non-hydrogen) atoms. The lowest BCUT2D eigenvalue weighted by Crippen LogP contribution is -2.14. The average molecular weight is 227 g/mol. The Morgan fingerprint density at radius 1 is 1.47 bits per heavy atom. The number of hydrogen-bond acceptors (Lipinski definition) is 5. The van der Waals surface area contributed by atoms with Crippen LogP contribution in [0, 0.1) is 0 Å². The smallest absolute Gasteiger partial charge is 0.356 e. The highest BCUT2D eigenvalue weighted by Crippen LogP contribution is 2.13. The molecular weight excluding hydrogens is 214 g/mol. The van der Waals surface area contributed by atoms with Gasteiger partial charge in [0, 0.05) is 12.3 Å². The zero-order valence-corrected chi connectivity index (χ0v) is 9.49. The van der Waals surface area contributed by atoms with Gasteiger partial charge in [0.05, 0.1) is 0 Å². The number of aromatic carboxylic acids is 1. The molecule has 0 radical (unpaired) electrons. The number of carboxylic acids is 1. The molecule has 0 atom stereocenters. The van der Waals surface area contributed by atoms with Gasteiger partial charge in [0.2, 0.25) is 0 Å². The van der Waals surface area contributed by atoms with Gasteiger partial charge in [0.25, 0.3) is 0 Å². The van der Waals surface area contributed by atoms with Gasteiger partial charge >= 0.3 is 5.97 Å². The van der Waals surface area contributed by atoms with Crippen molar-refractivity contribution in [2.75, 3.05) is 26.4 Å². The Hall–Kier alpha value is -1.14. The van der Waals surface area contributed by atoms with E-state index in [-0.39, 0.29) is 5.69 Å². The molecule has 1 aromatic heterocycles. The van der Waals surface area contributed by atoms with Crippen LogP contribution in [-0.4, -0.2) is 52.6 Å². The van der Waals surface area contributed by atoms with Crippen LogP contribution in [0.1, 0.15) is 10.5 Å². The fourth-order valence-corrected chi connectivity index (χ4v) is 1.77. The van der Waals surface area contributed by atoms with Gasteiger partial charge in [-0.25, -0.2) is 4.79 Å². The summed E-state index contributed by atoms with van der Waals surface area (Å²) in [5, 5.41) is 16.8. The molecule has 0 saturated heterocycles. The van der Waals surface area contributed by atoms with E-state index in [1.54, 1.807) is 17.8 Å². The lowest BCUT2D eigenvalue weighted by Gasteiger charge is -2.07. The van der Waals surface area contributed by atoms with Gasteiger partial charge in [-0.3, -0.25) is 0 Å². The molecule has 0 spiro atoms. The lowest BCUT2D eigenvalue weighted by molar-refractivity contribution is 0.0689. The standard InChI is InChI=1S/C9H13N3O2S/c1-12(2)5-6-15-8-4-3-7(9(13)14)10-11-8/h3-4H,5-6H2,1-2H3,(H,13,14). The Morgan fingerprint density at radius 2 is 2.20 bits per heavy atom. The SMILES string of the molecule is CN(C)CCSc1ccc(C(=O)O)nn1. The Morgan fingerprint density at radius 3 is 2.67 bits per heavy atom. The molecular formula is C9H13N3O2S. The summed E-state index contributed by atoms with van der Waals surface area (Å²) in [6.07, 6.45) is 0. The van der Waals surface area contributed by atoms with Gasteiger partial charge in [-0.05, 0) is 26.2 Å². The minimum atomic E-state index is -1.05. The molecule has 0 bridgehead atoms. The molecule has 0 aliphatic heterocycles. The zero-order chi connectivity index (χ0) is 11.3. The first-order valence-electron chi connectivity index (χ1n) is 4.44. The van der Waals surface area contributed by atoms with Crippen LogP contribution in [0.4, 0.5) is 0 Å². The highest BCUT2D eigenvalue weighted by molar-refractivity contribution is 7.99. The van der Waals surface area contributed by atoms with Gasteiger partial charge in [-0.2, -0.15) is 0 Å². The van der Waals surface area contributed by atoms with E-state index >= 15 is 0 Å². The molecule has 0 saturated carbocycles. The van der Waals surface area contributed by atoms with Crippen molar-refractivity contribution in [2.24, 2.45) is 0 Å². The van der Waals surface area contributed by atoms with Gasteiger partial charge in [-0.15, -0.1) is 22.0 Å². The van der Waals surface area contributed by atoms with Gasteiger partial charge in [0.1, 0.15) is 5.03 Å². The largest absolute Gasteiger partial charge is 0.476 e. The van der Waals surface area contributed by atoms with Gasteiger partial charge < -0.3 is 10.0 Å². The summed E-state index contributed by atoms with van der Waals surface area (Å²) in [5.74, 6) is -0.138. The maximum absolute atomic E-state index is 10.5. The van der Waals surface area contributed by atoms with Crippen molar-refractivity contribution in [3.8, 4) is 0 Å². The van der Waals surface area contributed by atoms with E-state index in [9.17, 15) is 4.79 Å². The predicted molar refractivity (Wildman–Crippen MR) is 58.3 cm³/mol. The van der Waals surface area contributed by atoms with Crippen LogP contribution in [-0.2, 0) is 0 Å². The first kappa shape index (κ1) is 11.9. The first-order chi connectivity index (χ1) is 7.09. The quantitative estimate of drug-likeness (QED) is 0.751. The van der Waals surface area contributed by atoms with Crippen LogP contribution in [0.3, 0.4) is 0 Å². The summed E-state index contributed by atoms with van der Waals surface area (Å²) in [6, 6.07) is 3.14. The van der Waals surface area contributed by atoms with Crippen molar-refractivity contribution < 1.29 is 9.90 Å². The summed E-state index contributed by atoms with van der Waals surface area (Å²) < 4.78 is 0. The number of nitrogens with zero attached hydrogens (tertiary/aromatic N) is 3. The molecule has 1 N–H and O–H groups in total. The molecule has 0 aromatic carbocycles. The molecule has 6 heteroatoms. The molecule has 0 fully saturated rings. The van der Waals surface area contributed by atoms with Crippen molar-refractivity contribution in [1.29, 1.82) is 0 Å². The van der Waals surface area contributed by atoms with Crippen molar-refractivity contribution in [1.82, 2.24) is 15.1 Å². The summed E-state index contributed by atoms with van der Waals surface area (Å²) in [7, 11) is 4.00. The minimum absolute atomic E-state index is 0.0213. The second kappa shape index (κ2) is 5.67. The third kappa shape index (κ3) is 4.26. The second-order valence-electron chi connectivity index (χ2n) is 3.21. The third-order valence-corrected chi connectivity index (χ3v) is 2.55. The zero-order valence-electron chi connectivity index (χ0n) is 8.67. The fraction of sp³-hybridized carbons (Fsp3) is 0.444. The molecule has 0 unspecified atom stereocenters. The van der Waals surface area contributed by atoms with E-state index in [1.165, 1.54) is 6.07 Å². The van der Waals surface area contributed by atoms with Crippen LogP contribution >= 0.6 is 11.8 Å². The van der Waals surface area contributed by atoms with Crippen molar-refractivity contribution in [3.05, 3.63) is 17.8 Å². The van der Waals surface area contributed by atoms with Crippen LogP contribution in [0.2, 0.25) is 0 Å². The summed E-state index contributed by atoms with van der Waals surface area (Å²) in [6.45, 7) is 0.951. The highest BCUT2D eigenvalue weighted by Gasteiger charge is 2.05. The predicted octanol–water partition coefficient (Wildman–Crippen LogP) is 0.829. The maximum Gasteiger partial charge on any atom is 0.356 e. The van der Waals surface area contributed by atoms with E-state index in [4.69, 9.17) is 5.11 Å². The highest BCUT2D eigenvalue weighted by atomic mass is 32.2. The molecule has 5 nitrogen and oxygen atoms in total. The normalized spacial score (nSPS) is 10.6. The monoisotopic (exact) mass is 227 g/mol. The Kier molecular flexibility index (Phi) is 4.51. The van der Waals surface area contributed by atoms with Crippen molar-refractivity contribution >= 4 is 17.7 Å². The van der Waals surface area contributed by atoms with E-state index < -0.39 is 5.97 Å². The third-order valence-electron chi connectivity index (χ3n) is 1.65. The van der Waals surface area contributed by atoms with Crippen molar-refractivity contribution in [2.45, 2.75) is 5.03 Å². The lowest BCUT2D eigenvalue weighted by atomic mass is 10.4. The Balaban J connectivity index is 2.46. The van der Waals surface area contributed by atoms with Gasteiger partial charge in [-0.1, -0.05) is 0 Å². The maximum atomic E-state index is 10.5. The number of carboxylic acid groups (broad SMARTS) is 1. The van der Waals surface area contributed by atoms with E-state index in [0.29, 0.717) is 0 Å². The molecule has 1 rings (SSSR count). The summed E-state index contributed by atoms with van der Waals surface area (Å²) in [4.78, 5) is 12.6. The van der Waals surface area contributed by atoms with E-state index in [1.807, 2.05) is 14.1 Å². The van der Waals surface area contributed by atoms with Crippen LogP contribution < -0.4 is 0 Å². The molecule has 1 aromatic rings. The first-order valence-corrected chi connectivity index (χ1v) is 5.42. The number of carbonyl (C=O) groups is 1. The molecule has 82 valence electrons. The summed E-state index contributed by atoms with van der Waals surface area (Å²) >= 11 is 1.56. The molecule has 0 aliphatic rings. The minimum Gasteiger partial charge on any atom is -0.476 e. The number of thioether (sulfide) groups is 1. The molecule has 0 aliphatic carbocycles. The number of rotatable bonds is 5. The average Bonchev–Trinajstić information content (AvgIpc) is 2.18. The number of hydrogen-bond donors (Lipinski definition) is 1. The topological polar surface area (TPSA) is 66.3 Å². The fourth-order valence-electron chi connectivity index (χ4n) is 0.844. The van der Waals surface area contributed by atoms with Crippen molar-refractivity contribution in [3.63, 3.8) is 0 Å². The van der Waals surface area contributed by atoms with Crippen LogP contribution in [0.15, 0.2) is 17.2 Å². The Labute approximate surface area is 92.5 Å². The Bertz CT molecular complexity index is 327. The summed E-state index contributed by atoms with van der Waals surface area (Å²) in [5.41, 5.74) is -0.0213. The van der Waals surface area contributed by atoms with Crippen LogP contribution in [0.25, 0.3) is 0 Å². The molecule has 0 amide bonds. The van der Waals surface area contributed by atoms with E-state index in [2.05, 4.69) is 15.1 Å². The van der Waals surface area contributed by atoms with Crippen LogP contribution in [0.5, 0.6) is 0 Å². The molecule has 1 heterocycles. The van der Waals surface area contributed by atoms with E-state index in [0.717, 1.165) is 17.3 Å². The number of aromatic nitrogens is 2.